The second-order valence-electron chi connectivity index (χ2n) is 3.78. The van der Waals surface area contributed by atoms with Gasteiger partial charge in [-0.15, -0.1) is 0 Å². The SMILES string of the molecule is C/C=C/COCC(O)CN(C)CCS(=O)(=O)[O-].[Na+]. The molecular weight excluding hydrogens is 269 g/mol. The minimum Gasteiger partial charge on any atom is -0.748 e. The first-order chi connectivity index (χ1) is 7.85. The number of hydrogen-bond donors (Lipinski definition) is 1. The number of rotatable bonds is 9. The summed E-state index contributed by atoms with van der Waals surface area (Å²) in [6.45, 7) is 2.87. The summed E-state index contributed by atoms with van der Waals surface area (Å²) in [6, 6.07) is 0. The molecule has 0 radical (unpaired) electrons. The topological polar surface area (TPSA) is 89.9 Å². The van der Waals surface area contributed by atoms with Gasteiger partial charge in [-0.3, -0.25) is 0 Å². The maximum Gasteiger partial charge on any atom is 1.00 e. The van der Waals surface area contributed by atoms with Gasteiger partial charge in [0.15, 0.2) is 0 Å². The molecule has 0 aromatic rings. The summed E-state index contributed by atoms with van der Waals surface area (Å²) < 4.78 is 36.3. The molecule has 6 nitrogen and oxygen atoms in total. The molecule has 1 N–H and O–H groups in total. The summed E-state index contributed by atoms with van der Waals surface area (Å²) in [5, 5.41) is 9.53. The molecule has 0 amide bonds. The molecular formula is C10H20NNaO5S. The molecule has 0 aliphatic carbocycles. The molecule has 18 heavy (non-hydrogen) atoms. The second-order valence-corrected chi connectivity index (χ2v) is 5.31. The van der Waals surface area contributed by atoms with Crippen molar-refractivity contribution < 1.29 is 52.4 Å². The van der Waals surface area contributed by atoms with E-state index in [-0.39, 0.29) is 49.3 Å². The monoisotopic (exact) mass is 289 g/mol. The first-order valence-corrected chi connectivity index (χ1v) is 6.92. The molecule has 0 rings (SSSR count). The molecule has 0 aromatic heterocycles. The number of allylic oxidation sites excluding steroid dienone is 1. The number of hydrogen-bond acceptors (Lipinski definition) is 6. The minimum absolute atomic E-state index is 0. The Morgan fingerprint density at radius 3 is 2.61 bits per heavy atom. The number of nitrogens with zero attached hydrogens (tertiary/aromatic N) is 1. The molecule has 0 saturated heterocycles. The molecule has 0 fully saturated rings. The molecule has 0 aliphatic heterocycles. The van der Waals surface area contributed by atoms with Gasteiger partial charge in [0, 0.05) is 13.1 Å². The van der Waals surface area contributed by atoms with Crippen LogP contribution in [0.25, 0.3) is 0 Å². The zero-order valence-electron chi connectivity index (χ0n) is 11.2. The normalized spacial score (nSPS) is 13.8. The fourth-order valence-corrected chi connectivity index (χ4v) is 1.68. The van der Waals surface area contributed by atoms with Gasteiger partial charge in [-0.1, -0.05) is 12.2 Å². The van der Waals surface area contributed by atoms with Gasteiger partial charge in [-0.05, 0) is 14.0 Å². The zero-order valence-corrected chi connectivity index (χ0v) is 14.0. The third-order valence-corrected chi connectivity index (χ3v) is 2.69. The Hall–Kier alpha value is 0.530. The van der Waals surface area contributed by atoms with Crippen molar-refractivity contribution in [2.24, 2.45) is 0 Å². The Balaban J connectivity index is 0. The van der Waals surface area contributed by atoms with Crippen LogP contribution in [0.1, 0.15) is 6.92 Å². The van der Waals surface area contributed by atoms with Crippen LogP contribution in [0.5, 0.6) is 0 Å². The first kappa shape index (κ1) is 20.8. The molecule has 0 spiro atoms. The van der Waals surface area contributed by atoms with Crippen molar-refractivity contribution in [1.29, 1.82) is 0 Å². The molecule has 102 valence electrons. The van der Waals surface area contributed by atoms with Crippen LogP contribution in [0, 0.1) is 0 Å². The Kier molecular flexibility index (Phi) is 13.2. The van der Waals surface area contributed by atoms with Crippen molar-refractivity contribution in [3.05, 3.63) is 12.2 Å². The van der Waals surface area contributed by atoms with Crippen LogP contribution in [0.3, 0.4) is 0 Å². The van der Waals surface area contributed by atoms with E-state index in [0.29, 0.717) is 6.61 Å². The quantitative estimate of drug-likeness (QED) is 0.204. The minimum atomic E-state index is -4.19. The molecule has 0 bridgehead atoms. The van der Waals surface area contributed by atoms with Crippen molar-refractivity contribution in [3.63, 3.8) is 0 Å². The third kappa shape index (κ3) is 14.6. The van der Waals surface area contributed by atoms with Crippen LogP contribution >= 0.6 is 0 Å². The Labute approximate surface area is 131 Å². The predicted octanol–water partition coefficient (Wildman–Crippen LogP) is -3.58. The van der Waals surface area contributed by atoms with E-state index in [2.05, 4.69) is 0 Å². The van der Waals surface area contributed by atoms with Crippen LogP contribution in [0.15, 0.2) is 12.2 Å². The van der Waals surface area contributed by atoms with Crippen LogP contribution in [0.2, 0.25) is 0 Å². The molecule has 0 aliphatic rings. The van der Waals surface area contributed by atoms with E-state index in [1.165, 1.54) is 0 Å². The molecule has 0 aromatic carbocycles. The van der Waals surface area contributed by atoms with Gasteiger partial charge in [0.25, 0.3) is 0 Å². The van der Waals surface area contributed by atoms with E-state index in [9.17, 15) is 18.1 Å². The van der Waals surface area contributed by atoms with Crippen LogP contribution < -0.4 is 29.6 Å². The summed E-state index contributed by atoms with van der Waals surface area (Å²) in [5.74, 6) is -0.449. The van der Waals surface area contributed by atoms with Gasteiger partial charge in [-0.25, -0.2) is 8.42 Å². The van der Waals surface area contributed by atoms with Gasteiger partial charge in [-0.2, -0.15) is 0 Å². The fourth-order valence-electron chi connectivity index (χ4n) is 1.14. The van der Waals surface area contributed by atoms with Gasteiger partial charge in [0.2, 0.25) is 0 Å². The summed E-state index contributed by atoms with van der Waals surface area (Å²) in [6.07, 6.45) is 2.97. The molecule has 1 atom stereocenters. The van der Waals surface area contributed by atoms with Crippen molar-refractivity contribution in [3.8, 4) is 0 Å². The van der Waals surface area contributed by atoms with Gasteiger partial charge in [0.1, 0.15) is 0 Å². The summed E-state index contributed by atoms with van der Waals surface area (Å²) in [4.78, 5) is 1.58. The average molecular weight is 289 g/mol. The van der Waals surface area contributed by atoms with E-state index in [0.717, 1.165) is 0 Å². The van der Waals surface area contributed by atoms with Gasteiger partial charge < -0.3 is 19.3 Å². The Bertz CT molecular complexity index is 320. The molecule has 0 heterocycles. The maximum atomic E-state index is 10.4. The van der Waals surface area contributed by atoms with Crippen molar-refractivity contribution in [2.45, 2.75) is 13.0 Å². The van der Waals surface area contributed by atoms with E-state index in [1.54, 1.807) is 11.9 Å². The van der Waals surface area contributed by atoms with Crippen molar-refractivity contribution >= 4 is 10.1 Å². The van der Waals surface area contributed by atoms with Gasteiger partial charge >= 0.3 is 29.6 Å². The van der Waals surface area contributed by atoms with Gasteiger partial charge in [0.05, 0.1) is 35.2 Å². The second kappa shape index (κ2) is 11.4. The van der Waals surface area contributed by atoms with Crippen LogP contribution in [-0.2, 0) is 14.9 Å². The van der Waals surface area contributed by atoms with Crippen LogP contribution in [-0.4, -0.2) is 68.2 Å². The van der Waals surface area contributed by atoms with Crippen molar-refractivity contribution in [2.75, 3.05) is 39.1 Å². The summed E-state index contributed by atoms with van der Waals surface area (Å²) >= 11 is 0. The largest absolute Gasteiger partial charge is 1.00 e. The number of ether oxygens (including phenoxy) is 1. The molecule has 1 unspecified atom stereocenters. The average Bonchev–Trinajstić information content (AvgIpc) is 2.21. The summed E-state index contributed by atoms with van der Waals surface area (Å²) in [5.41, 5.74) is 0. The third-order valence-electron chi connectivity index (χ3n) is 2.01. The number of likely N-dealkylation sites (N-methyl/N-ethyl adjacent to an activating group) is 1. The first-order valence-electron chi connectivity index (χ1n) is 5.34. The zero-order chi connectivity index (χ0) is 13.3. The fraction of sp³-hybridized carbons (Fsp3) is 0.800. The Morgan fingerprint density at radius 2 is 2.11 bits per heavy atom. The van der Waals surface area contributed by atoms with E-state index >= 15 is 0 Å². The maximum absolute atomic E-state index is 10.4. The standard InChI is InChI=1S/C10H21NO5S.Na/c1-3-4-6-16-9-10(12)8-11(2)5-7-17(13,14)15;/h3-4,10,12H,5-9H2,1-2H3,(H,13,14,15);/q;+1/p-1/b4-3+;. The number of aliphatic hydroxyl groups is 1. The smallest absolute Gasteiger partial charge is 0.748 e. The summed E-state index contributed by atoms with van der Waals surface area (Å²) in [7, 11) is -2.55. The molecule has 8 heteroatoms. The molecule has 0 saturated carbocycles. The van der Waals surface area contributed by atoms with Crippen LogP contribution in [0.4, 0.5) is 0 Å². The Morgan fingerprint density at radius 1 is 1.50 bits per heavy atom. The van der Waals surface area contributed by atoms with Crippen molar-refractivity contribution in [1.82, 2.24) is 4.90 Å². The van der Waals surface area contributed by atoms with E-state index in [4.69, 9.17) is 4.74 Å². The van der Waals surface area contributed by atoms with E-state index in [1.807, 2.05) is 19.1 Å². The predicted molar refractivity (Wildman–Crippen MR) is 63.7 cm³/mol. The van der Waals surface area contributed by atoms with E-state index < -0.39 is 22.0 Å². The number of aliphatic hydroxyl groups excluding tert-OH is 1.